The Bertz CT molecular complexity index is 822. The Hall–Kier alpha value is -2.04. The molecule has 1 aliphatic rings. The van der Waals surface area contributed by atoms with E-state index in [0.29, 0.717) is 6.61 Å². The van der Waals surface area contributed by atoms with E-state index >= 15 is 0 Å². The van der Waals surface area contributed by atoms with E-state index in [4.69, 9.17) is 4.74 Å². The van der Waals surface area contributed by atoms with E-state index in [2.05, 4.69) is 66.0 Å². The predicted molar refractivity (Wildman–Crippen MR) is 102 cm³/mol. The second kappa shape index (κ2) is 7.24. The van der Waals surface area contributed by atoms with Crippen LogP contribution >= 0.6 is 23.5 Å². The number of ether oxygens (including phenoxy) is 1. The molecule has 1 aliphatic heterocycles. The van der Waals surface area contributed by atoms with Crippen molar-refractivity contribution in [2.45, 2.75) is 19.6 Å². The van der Waals surface area contributed by atoms with Crippen LogP contribution in [-0.2, 0) is 0 Å². The van der Waals surface area contributed by atoms with Gasteiger partial charge in [0.05, 0.1) is 5.69 Å². The Balaban J connectivity index is 1.69. The molecule has 0 aromatic heterocycles. The zero-order valence-corrected chi connectivity index (χ0v) is 14.7. The standard InChI is InChI=1S/C20H17NOS2/c1-3-7-15(8-4-1)23-17-13-18-20(21-11-12-22-18)19(14-17)24-16-9-5-2-6-10-16/h1-10,13-14,21H,11-12H2. The SMILES string of the molecule is c1ccc(Sc2cc3c(c(Sc4ccccc4)c2)NCCO3)cc1. The van der Waals surface area contributed by atoms with E-state index in [1.165, 1.54) is 19.6 Å². The van der Waals surface area contributed by atoms with Gasteiger partial charge in [0, 0.05) is 26.1 Å². The summed E-state index contributed by atoms with van der Waals surface area (Å²) in [4.78, 5) is 4.87. The minimum atomic E-state index is 0.710. The number of nitrogens with one attached hydrogen (secondary N) is 1. The van der Waals surface area contributed by atoms with Gasteiger partial charge in [0.25, 0.3) is 0 Å². The molecule has 0 saturated heterocycles. The summed E-state index contributed by atoms with van der Waals surface area (Å²) in [5.41, 5.74) is 1.10. The molecule has 0 atom stereocenters. The van der Waals surface area contributed by atoms with E-state index in [9.17, 15) is 0 Å². The first-order valence-electron chi connectivity index (χ1n) is 7.89. The summed E-state index contributed by atoms with van der Waals surface area (Å²) in [6, 6.07) is 25.3. The number of fused-ring (bicyclic) bond motifs is 1. The van der Waals surface area contributed by atoms with Gasteiger partial charge in [-0.25, -0.2) is 0 Å². The molecule has 0 spiro atoms. The molecular weight excluding hydrogens is 334 g/mol. The normalized spacial score (nSPS) is 12.8. The summed E-state index contributed by atoms with van der Waals surface area (Å²) in [5, 5.41) is 3.49. The Labute approximate surface area is 150 Å². The van der Waals surface area contributed by atoms with Gasteiger partial charge < -0.3 is 10.1 Å². The molecule has 1 N–H and O–H groups in total. The lowest BCUT2D eigenvalue weighted by Gasteiger charge is -2.23. The number of hydrogen-bond acceptors (Lipinski definition) is 4. The van der Waals surface area contributed by atoms with Gasteiger partial charge in [-0.2, -0.15) is 0 Å². The molecule has 2 nitrogen and oxygen atoms in total. The van der Waals surface area contributed by atoms with Crippen LogP contribution in [0.15, 0.2) is 92.4 Å². The number of rotatable bonds is 4. The summed E-state index contributed by atoms with van der Waals surface area (Å²) in [7, 11) is 0. The lowest BCUT2D eigenvalue weighted by Crippen LogP contribution is -2.18. The van der Waals surface area contributed by atoms with Crippen molar-refractivity contribution in [1.29, 1.82) is 0 Å². The van der Waals surface area contributed by atoms with Crippen LogP contribution in [0.25, 0.3) is 0 Å². The Morgan fingerprint density at radius 1 is 0.750 bits per heavy atom. The Morgan fingerprint density at radius 2 is 1.42 bits per heavy atom. The van der Waals surface area contributed by atoms with Crippen LogP contribution in [0.1, 0.15) is 0 Å². The van der Waals surface area contributed by atoms with Gasteiger partial charge in [-0.15, -0.1) is 0 Å². The third-order valence-electron chi connectivity index (χ3n) is 3.65. The quantitative estimate of drug-likeness (QED) is 0.641. The molecule has 0 bridgehead atoms. The van der Waals surface area contributed by atoms with Gasteiger partial charge in [-0.3, -0.25) is 0 Å². The second-order valence-electron chi connectivity index (χ2n) is 5.40. The van der Waals surface area contributed by atoms with E-state index in [1.807, 2.05) is 12.1 Å². The molecule has 3 aromatic rings. The number of anilines is 1. The highest BCUT2D eigenvalue weighted by molar-refractivity contribution is 8.00. The number of benzene rings is 3. The maximum atomic E-state index is 5.89. The third kappa shape index (κ3) is 3.55. The summed E-state index contributed by atoms with van der Waals surface area (Å²) in [5.74, 6) is 0.945. The molecule has 24 heavy (non-hydrogen) atoms. The molecule has 1 heterocycles. The lowest BCUT2D eigenvalue weighted by atomic mass is 10.2. The van der Waals surface area contributed by atoms with Crippen molar-refractivity contribution in [2.75, 3.05) is 18.5 Å². The van der Waals surface area contributed by atoms with Crippen molar-refractivity contribution >= 4 is 29.2 Å². The van der Waals surface area contributed by atoms with Crippen molar-refractivity contribution in [3.05, 3.63) is 72.8 Å². The predicted octanol–water partition coefficient (Wildman–Crippen LogP) is 5.79. The van der Waals surface area contributed by atoms with E-state index in [1.54, 1.807) is 23.5 Å². The molecule has 4 heteroatoms. The molecule has 0 unspecified atom stereocenters. The zero-order valence-electron chi connectivity index (χ0n) is 13.1. The summed E-state index contributed by atoms with van der Waals surface area (Å²) in [6.45, 7) is 1.56. The molecule has 120 valence electrons. The van der Waals surface area contributed by atoms with Crippen LogP contribution in [-0.4, -0.2) is 13.2 Å². The Kier molecular flexibility index (Phi) is 4.67. The molecule has 3 aromatic carbocycles. The van der Waals surface area contributed by atoms with Gasteiger partial charge in [-0.1, -0.05) is 59.9 Å². The van der Waals surface area contributed by atoms with Crippen molar-refractivity contribution in [3.63, 3.8) is 0 Å². The van der Waals surface area contributed by atoms with Crippen LogP contribution in [0.5, 0.6) is 5.75 Å². The van der Waals surface area contributed by atoms with Crippen LogP contribution in [0.4, 0.5) is 5.69 Å². The lowest BCUT2D eigenvalue weighted by molar-refractivity contribution is 0.321. The van der Waals surface area contributed by atoms with Crippen molar-refractivity contribution in [2.24, 2.45) is 0 Å². The van der Waals surface area contributed by atoms with Gasteiger partial charge in [0.2, 0.25) is 0 Å². The topological polar surface area (TPSA) is 21.3 Å². The fraction of sp³-hybridized carbons (Fsp3) is 0.100. The Morgan fingerprint density at radius 3 is 2.12 bits per heavy atom. The van der Waals surface area contributed by atoms with Crippen molar-refractivity contribution in [1.82, 2.24) is 0 Å². The van der Waals surface area contributed by atoms with Gasteiger partial charge >= 0.3 is 0 Å². The number of hydrogen-bond donors (Lipinski definition) is 1. The molecule has 0 amide bonds. The fourth-order valence-corrected chi connectivity index (χ4v) is 4.56. The highest BCUT2D eigenvalue weighted by Crippen LogP contribution is 2.44. The van der Waals surface area contributed by atoms with E-state index in [-0.39, 0.29) is 0 Å². The minimum absolute atomic E-state index is 0.710. The van der Waals surface area contributed by atoms with Crippen LogP contribution in [0, 0.1) is 0 Å². The molecule has 0 radical (unpaired) electrons. The third-order valence-corrected chi connectivity index (χ3v) is 5.68. The first-order chi connectivity index (χ1) is 11.9. The van der Waals surface area contributed by atoms with Gasteiger partial charge in [0.15, 0.2) is 0 Å². The average molecular weight is 351 g/mol. The van der Waals surface area contributed by atoms with Crippen LogP contribution in [0.3, 0.4) is 0 Å². The molecule has 4 rings (SSSR count). The maximum absolute atomic E-state index is 5.89. The highest BCUT2D eigenvalue weighted by atomic mass is 32.2. The smallest absolute Gasteiger partial charge is 0.144 e. The molecule has 0 fully saturated rings. The van der Waals surface area contributed by atoms with Crippen molar-refractivity contribution < 1.29 is 4.74 Å². The van der Waals surface area contributed by atoms with Crippen molar-refractivity contribution in [3.8, 4) is 5.75 Å². The van der Waals surface area contributed by atoms with Gasteiger partial charge in [-0.05, 0) is 36.4 Å². The molecular formula is C20H17NOS2. The van der Waals surface area contributed by atoms with E-state index < -0.39 is 0 Å². The van der Waals surface area contributed by atoms with Crippen LogP contribution < -0.4 is 10.1 Å². The summed E-state index contributed by atoms with van der Waals surface area (Å²) in [6.07, 6.45) is 0. The van der Waals surface area contributed by atoms with Crippen LogP contribution in [0.2, 0.25) is 0 Å². The highest BCUT2D eigenvalue weighted by Gasteiger charge is 2.17. The summed E-state index contributed by atoms with van der Waals surface area (Å²) < 4.78 is 5.89. The largest absolute Gasteiger partial charge is 0.490 e. The second-order valence-corrected chi connectivity index (χ2v) is 7.66. The first kappa shape index (κ1) is 15.5. The first-order valence-corrected chi connectivity index (χ1v) is 9.52. The molecule has 0 aliphatic carbocycles. The van der Waals surface area contributed by atoms with Gasteiger partial charge in [0.1, 0.15) is 12.4 Å². The molecule has 0 saturated carbocycles. The minimum Gasteiger partial charge on any atom is -0.490 e. The van der Waals surface area contributed by atoms with E-state index in [0.717, 1.165) is 18.0 Å². The fourth-order valence-electron chi connectivity index (χ4n) is 2.57. The summed E-state index contributed by atoms with van der Waals surface area (Å²) >= 11 is 3.54. The maximum Gasteiger partial charge on any atom is 0.144 e. The monoisotopic (exact) mass is 351 g/mol. The average Bonchev–Trinajstić information content (AvgIpc) is 2.63. The zero-order chi connectivity index (χ0) is 16.2.